The Kier molecular flexibility index (Phi) is 3.43. The Morgan fingerprint density at radius 1 is 1.33 bits per heavy atom. The summed E-state index contributed by atoms with van der Waals surface area (Å²) in [6.07, 6.45) is 1.47. The predicted molar refractivity (Wildman–Crippen MR) is 76.8 cm³/mol. The van der Waals surface area contributed by atoms with Crippen molar-refractivity contribution in [1.82, 2.24) is 4.31 Å². The van der Waals surface area contributed by atoms with Crippen LogP contribution in [0.5, 0.6) is 0 Å². The smallest absolute Gasteiger partial charge is 0.230 e. The molecule has 1 aromatic rings. The molecule has 1 saturated carbocycles. The summed E-state index contributed by atoms with van der Waals surface area (Å²) in [7, 11) is -3.17. The molecule has 2 fully saturated rings. The molecule has 1 N–H and O–H groups in total. The lowest BCUT2D eigenvalue weighted by Gasteiger charge is -2.37. The number of carbonyl (C=O) groups is 1. The molecule has 1 amide bonds. The Balaban J connectivity index is 1.57. The van der Waals surface area contributed by atoms with Gasteiger partial charge in [0.15, 0.2) is 0 Å². The molecule has 3 rings (SSSR count). The van der Waals surface area contributed by atoms with Gasteiger partial charge in [-0.05, 0) is 31.0 Å². The molecule has 2 aliphatic rings. The summed E-state index contributed by atoms with van der Waals surface area (Å²) < 4.78 is 25.3. The minimum absolute atomic E-state index is 0.202. The molecule has 110 valence electrons. The number of amides is 1. The lowest BCUT2D eigenvalue weighted by Crippen LogP contribution is -2.55. The van der Waals surface area contributed by atoms with Gasteiger partial charge in [0.1, 0.15) is 0 Å². The topological polar surface area (TPSA) is 90.3 Å². The summed E-state index contributed by atoms with van der Waals surface area (Å²) in [4.78, 5) is 12.0. The summed E-state index contributed by atoms with van der Waals surface area (Å²) in [6, 6.07) is 8.65. The molecule has 1 saturated heterocycles. The molecule has 0 bridgehead atoms. The molecule has 0 atom stereocenters. The number of anilines is 1. The van der Waals surface area contributed by atoms with E-state index >= 15 is 0 Å². The van der Waals surface area contributed by atoms with Gasteiger partial charge >= 0.3 is 0 Å². The van der Waals surface area contributed by atoms with Crippen molar-refractivity contribution in [1.29, 1.82) is 5.26 Å². The number of hydrogen-bond acceptors (Lipinski definition) is 4. The number of sulfonamides is 1. The summed E-state index contributed by atoms with van der Waals surface area (Å²) in [5, 5.41) is 11.3. The molecule has 1 aliphatic carbocycles. The van der Waals surface area contributed by atoms with Crippen molar-refractivity contribution in [3.8, 4) is 6.07 Å². The second-order valence-corrected chi connectivity index (χ2v) is 7.65. The highest BCUT2D eigenvalue weighted by Crippen LogP contribution is 2.34. The number of benzene rings is 1. The second-order valence-electron chi connectivity index (χ2n) is 5.44. The zero-order chi connectivity index (χ0) is 15.0. The van der Waals surface area contributed by atoms with Crippen LogP contribution < -0.4 is 5.32 Å². The average molecular weight is 305 g/mol. The van der Waals surface area contributed by atoms with Crippen molar-refractivity contribution in [2.75, 3.05) is 18.4 Å². The van der Waals surface area contributed by atoms with Crippen molar-refractivity contribution in [2.24, 2.45) is 5.92 Å². The Hall–Kier alpha value is -1.91. The lowest BCUT2D eigenvalue weighted by molar-refractivity contribution is -0.122. The summed E-state index contributed by atoms with van der Waals surface area (Å²) >= 11 is 0. The van der Waals surface area contributed by atoms with Gasteiger partial charge in [0.2, 0.25) is 15.9 Å². The van der Waals surface area contributed by atoms with Gasteiger partial charge in [-0.2, -0.15) is 9.57 Å². The van der Waals surface area contributed by atoms with Gasteiger partial charge in [-0.1, -0.05) is 6.07 Å². The SMILES string of the molecule is N#Cc1cccc(NC(=O)C2CN(S(=O)(=O)C3CC3)C2)c1. The highest BCUT2D eigenvalue weighted by Gasteiger charge is 2.46. The van der Waals surface area contributed by atoms with Crippen LogP contribution in [0.1, 0.15) is 18.4 Å². The van der Waals surface area contributed by atoms with Crippen LogP contribution in [0.4, 0.5) is 5.69 Å². The van der Waals surface area contributed by atoms with Gasteiger partial charge in [-0.3, -0.25) is 4.79 Å². The van der Waals surface area contributed by atoms with E-state index in [9.17, 15) is 13.2 Å². The maximum Gasteiger partial charge on any atom is 0.230 e. The fourth-order valence-corrected chi connectivity index (χ4v) is 4.23. The second kappa shape index (κ2) is 5.13. The van der Waals surface area contributed by atoms with Crippen LogP contribution in [0.25, 0.3) is 0 Å². The van der Waals surface area contributed by atoms with Crippen molar-refractivity contribution in [2.45, 2.75) is 18.1 Å². The fraction of sp³-hybridized carbons (Fsp3) is 0.429. The molecule has 21 heavy (non-hydrogen) atoms. The third kappa shape index (κ3) is 2.77. The van der Waals surface area contributed by atoms with Crippen LogP contribution in [0.2, 0.25) is 0 Å². The number of rotatable bonds is 4. The van der Waals surface area contributed by atoms with Gasteiger partial charge in [-0.15, -0.1) is 0 Å². The van der Waals surface area contributed by atoms with Gasteiger partial charge < -0.3 is 5.32 Å². The van der Waals surface area contributed by atoms with Crippen molar-refractivity contribution >= 4 is 21.6 Å². The Morgan fingerprint density at radius 2 is 2.05 bits per heavy atom. The van der Waals surface area contributed by atoms with E-state index in [0.717, 1.165) is 12.8 Å². The molecule has 1 aromatic carbocycles. The third-order valence-corrected chi connectivity index (χ3v) is 6.12. The van der Waals surface area contributed by atoms with Crippen LogP contribution in [0, 0.1) is 17.2 Å². The first kappa shape index (κ1) is 14.0. The molecule has 1 heterocycles. The molecule has 7 heteroatoms. The van der Waals surface area contributed by atoms with Gasteiger partial charge in [0.25, 0.3) is 0 Å². The first-order valence-corrected chi connectivity index (χ1v) is 8.31. The quantitative estimate of drug-likeness (QED) is 0.895. The third-order valence-electron chi connectivity index (χ3n) is 3.78. The first-order chi connectivity index (χ1) is 10.0. The number of nitriles is 1. The summed E-state index contributed by atoms with van der Waals surface area (Å²) in [6.45, 7) is 0.505. The number of carbonyl (C=O) groups excluding carboxylic acids is 1. The van der Waals surface area contributed by atoms with Crippen molar-refractivity contribution < 1.29 is 13.2 Å². The minimum Gasteiger partial charge on any atom is -0.326 e. The highest BCUT2D eigenvalue weighted by molar-refractivity contribution is 7.90. The average Bonchev–Trinajstić information content (AvgIpc) is 3.21. The number of nitrogens with one attached hydrogen (secondary N) is 1. The molecular formula is C14H15N3O3S. The van der Waals surface area contributed by atoms with Crippen LogP contribution >= 0.6 is 0 Å². The number of nitrogens with zero attached hydrogens (tertiary/aromatic N) is 2. The molecular weight excluding hydrogens is 290 g/mol. The minimum atomic E-state index is -3.17. The Morgan fingerprint density at radius 3 is 2.67 bits per heavy atom. The zero-order valence-electron chi connectivity index (χ0n) is 11.3. The van der Waals surface area contributed by atoms with E-state index in [1.54, 1.807) is 24.3 Å². The molecule has 6 nitrogen and oxygen atoms in total. The first-order valence-electron chi connectivity index (χ1n) is 6.80. The van der Waals surface area contributed by atoms with E-state index in [1.807, 2.05) is 6.07 Å². The van der Waals surface area contributed by atoms with Crippen molar-refractivity contribution in [3.05, 3.63) is 29.8 Å². The highest BCUT2D eigenvalue weighted by atomic mass is 32.2. The molecule has 0 radical (unpaired) electrons. The van der Waals surface area contributed by atoms with E-state index < -0.39 is 10.0 Å². The van der Waals surface area contributed by atoms with Crippen molar-refractivity contribution in [3.63, 3.8) is 0 Å². The fourth-order valence-electron chi connectivity index (χ4n) is 2.30. The van der Waals surface area contributed by atoms with E-state index in [2.05, 4.69) is 5.32 Å². The van der Waals surface area contributed by atoms with Crippen LogP contribution in [0.3, 0.4) is 0 Å². The molecule has 0 unspecified atom stereocenters. The van der Waals surface area contributed by atoms with Crippen LogP contribution in [-0.4, -0.2) is 37.0 Å². The van der Waals surface area contributed by atoms with Gasteiger partial charge in [0.05, 0.1) is 22.8 Å². The Labute approximate surface area is 123 Å². The summed E-state index contributed by atoms with van der Waals surface area (Å²) in [5.41, 5.74) is 1.03. The predicted octanol–water partition coefficient (Wildman–Crippen LogP) is 0.921. The zero-order valence-corrected chi connectivity index (χ0v) is 12.1. The molecule has 0 aromatic heterocycles. The normalized spacial score (nSPS) is 19.6. The number of hydrogen-bond donors (Lipinski definition) is 1. The Bertz CT molecular complexity index is 713. The van der Waals surface area contributed by atoms with E-state index in [4.69, 9.17) is 5.26 Å². The van der Waals surface area contributed by atoms with Crippen LogP contribution in [-0.2, 0) is 14.8 Å². The van der Waals surface area contributed by atoms with Crippen LogP contribution in [0.15, 0.2) is 24.3 Å². The molecule has 0 spiro atoms. The van der Waals surface area contributed by atoms with E-state index in [0.29, 0.717) is 11.3 Å². The maximum atomic E-state index is 12.0. The standard InChI is InChI=1S/C14H15N3O3S/c15-7-10-2-1-3-12(6-10)16-14(18)11-8-17(9-11)21(19,20)13-4-5-13/h1-3,6,11,13H,4-5,8-9H2,(H,16,18). The lowest BCUT2D eigenvalue weighted by atomic mass is 10.0. The van der Waals surface area contributed by atoms with E-state index in [-0.39, 0.29) is 30.2 Å². The summed E-state index contributed by atoms with van der Waals surface area (Å²) in [5.74, 6) is -0.517. The maximum absolute atomic E-state index is 12.0. The monoisotopic (exact) mass is 305 g/mol. The largest absolute Gasteiger partial charge is 0.326 e. The molecule has 1 aliphatic heterocycles. The van der Waals surface area contributed by atoms with Gasteiger partial charge in [0, 0.05) is 18.8 Å². The van der Waals surface area contributed by atoms with E-state index in [1.165, 1.54) is 4.31 Å². The van der Waals surface area contributed by atoms with Gasteiger partial charge in [-0.25, -0.2) is 8.42 Å².